The Balaban J connectivity index is 2.05. The Kier molecular flexibility index (Phi) is 6.27. The molecule has 0 N–H and O–H groups in total. The summed E-state index contributed by atoms with van der Waals surface area (Å²) < 4.78 is 31.9. The van der Waals surface area contributed by atoms with Crippen LogP contribution in [0.25, 0.3) is 4.91 Å². The fourth-order valence-electron chi connectivity index (χ4n) is 2.62. The molecule has 3 rings (SSSR count). The molecule has 28 heavy (non-hydrogen) atoms. The van der Waals surface area contributed by atoms with Crippen LogP contribution in [0.3, 0.4) is 0 Å². The highest BCUT2D eigenvalue weighted by molar-refractivity contribution is 8.05. The molecule has 0 saturated carbocycles. The molecule has 0 aliphatic rings. The highest BCUT2D eigenvalue weighted by atomic mass is 32.2. The largest absolute Gasteiger partial charge is 0.497 e. The van der Waals surface area contributed by atoms with Crippen molar-refractivity contribution < 1.29 is 13.2 Å². The third-order valence-corrected chi connectivity index (χ3v) is 7.19. The molecule has 0 unspecified atom stereocenters. The summed E-state index contributed by atoms with van der Waals surface area (Å²) in [5, 5.41) is 1.71. The van der Waals surface area contributed by atoms with Gasteiger partial charge in [-0.3, -0.25) is 0 Å². The van der Waals surface area contributed by atoms with Crippen LogP contribution in [-0.2, 0) is 9.84 Å². The Morgan fingerprint density at radius 2 is 1.36 bits per heavy atom. The van der Waals surface area contributed by atoms with E-state index in [0.717, 1.165) is 16.0 Å². The minimum Gasteiger partial charge on any atom is -0.497 e. The van der Waals surface area contributed by atoms with Crippen LogP contribution in [0.5, 0.6) is 5.75 Å². The average molecular weight is 411 g/mol. The quantitative estimate of drug-likeness (QED) is 0.476. The van der Waals surface area contributed by atoms with Crippen molar-refractivity contribution in [3.8, 4) is 5.75 Å². The molecule has 0 heterocycles. The van der Waals surface area contributed by atoms with E-state index in [2.05, 4.69) is 0 Å². The van der Waals surface area contributed by atoms with Gasteiger partial charge >= 0.3 is 0 Å². The van der Waals surface area contributed by atoms with Gasteiger partial charge in [0, 0.05) is 4.90 Å². The van der Waals surface area contributed by atoms with Gasteiger partial charge in [0.1, 0.15) is 5.75 Å². The van der Waals surface area contributed by atoms with E-state index in [9.17, 15) is 8.42 Å². The molecule has 0 amide bonds. The number of rotatable bonds is 6. The number of hydrogen-bond acceptors (Lipinski definition) is 4. The Bertz CT molecular complexity index is 1060. The zero-order valence-corrected chi connectivity index (χ0v) is 17.7. The van der Waals surface area contributed by atoms with E-state index in [0.29, 0.717) is 11.3 Å². The standard InChI is InChI=1S/C23H22O3S2/c1-17-4-12-21(13-5-17)27-16-23(19-8-10-20(26-3)11-9-19)28(24,25)22-14-6-18(2)7-15-22/h4-16H,1-3H3/b23-16+. The summed E-state index contributed by atoms with van der Waals surface area (Å²) in [6.45, 7) is 3.96. The lowest BCUT2D eigenvalue weighted by Crippen LogP contribution is -2.04. The number of methoxy groups -OCH3 is 1. The zero-order valence-electron chi connectivity index (χ0n) is 16.0. The summed E-state index contributed by atoms with van der Waals surface area (Å²) >= 11 is 1.39. The molecule has 3 nitrogen and oxygen atoms in total. The Labute approximate surface area is 171 Å². The van der Waals surface area contributed by atoms with Crippen molar-refractivity contribution in [2.24, 2.45) is 0 Å². The van der Waals surface area contributed by atoms with E-state index in [-0.39, 0.29) is 9.80 Å². The summed E-state index contributed by atoms with van der Waals surface area (Å²) in [5.41, 5.74) is 2.81. The fourth-order valence-corrected chi connectivity index (χ4v) is 5.14. The molecule has 0 aliphatic carbocycles. The Morgan fingerprint density at radius 3 is 1.89 bits per heavy atom. The highest BCUT2D eigenvalue weighted by Gasteiger charge is 2.22. The lowest BCUT2D eigenvalue weighted by atomic mass is 10.2. The molecular formula is C23H22O3S2. The minimum absolute atomic E-state index is 0.268. The maximum Gasteiger partial charge on any atom is 0.207 e. The molecule has 0 saturated heterocycles. The van der Waals surface area contributed by atoms with E-state index in [1.54, 1.807) is 48.9 Å². The number of hydrogen-bond donors (Lipinski definition) is 0. The molecule has 3 aromatic rings. The van der Waals surface area contributed by atoms with Crippen molar-refractivity contribution in [1.29, 1.82) is 0 Å². The number of aryl methyl sites for hydroxylation is 2. The Hall–Kier alpha value is -2.50. The van der Waals surface area contributed by atoms with E-state index in [1.807, 2.05) is 50.2 Å². The third kappa shape index (κ3) is 4.66. The van der Waals surface area contributed by atoms with Crippen LogP contribution < -0.4 is 4.74 Å². The minimum atomic E-state index is -3.67. The molecular weight excluding hydrogens is 388 g/mol. The van der Waals surface area contributed by atoms with Crippen LogP contribution in [0.4, 0.5) is 0 Å². The van der Waals surface area contributed by atoms with Crippen LogP contribution in [0.1, 0.15) is 16.7 Å². The SMILES string of the molecule is COc1ccc(/C(=C\Sc2ccc(C)cc2)S(=O)(=O)c2ccc(C)cc2)cc1. The van der Waals surface area contributed by atoms with Gasteiger partial charge in [-0.25, -0.2) is 8.42 Å². The first-order valence-electron chi connectivity index (χ1n) is 8.80. The van der Waals surface area contributed by atoms with E-state index in [4.69, 9.17) is 4.74 Å². The van der Waals surface area contributed by atoms with Gasteiger partial charge in [0.15, 0.2) is 0 Å². The Morgan fingerprint density at radius 1 is 0.821 bits per heavy atom. The molecule has 0 fully saturated rings. The molecule has 0 spiro atoms. The maximum atomic E-state index is 13.4. The summed E-state index contributed by atoms with van der Waals surface area (Å²) in [6, 6.07) is 22.0. The molecule has 0 aliphatic heterocycles. The number of benzene rings is 3. The number of sulfone groups is 1. The molecule has 3 aromatic carbocycles. The predicted octanol–water partition coefficient (Wildman–Crippen LogP) is 5.88. The molecule has 144 valence electrons. The van der Waals surface area contributed by atoms with Gasteiger partial charge in [0.05, 0.1) is 16.9 Å². The summed E-state index contributed by atoms with van der Waals surface area (Å²) in [6.07, 6.45) is 0. The molecule has 0 bridgehead atoms. The maximum absolute atomic E-state index is 13.4. The van der Waals surface area contributed by atoms with Crippen LogP contribution in [0, 0.1) is 13.8 Å². The average Bonchev–Trinajstić information content (AvgIpc) is 2.70. The van der Waals surface area contributed by atoms with Gasteiger partial charge in [0.25, 0.3) is 0 Å². The lowest BCUT2D eigenvalue weighted by molar-refractivity contribution is 0.415. The zero-order chi connectivity index (χ0) is 20.1. The summed E-state index contributed by atoms with van der Waals surface area (Å²) in [7, 11) is -2.08. The first kappa shape index (κ1) is 20.2. The molecule has 5 heteroatoms. The van der Waals surface area contributed by atoms with Crippen molar-refractivity contribution in [3.63, 3.8) is 0 Å². The van der Waals surface area contributed by atoms with Crippen molar-refractivity contribution in [1.82, 2.24) is 0 Å². The second-order valence-electron chi connectivity index (χ2n) is 6.46. The van der Waals surface area contributed by atoms with Gasteiger partial charge in [0.2, 0.25) is 9.84 Å². The number of ether oxygens (including phenoxy) is 1. The van der Waals surface area contributed by atoms with Gasteiger partial charge in [-0.1, -0.05) is 47.2 Å². The fraction of sp³-hybridized carbons (Fsp3) is 0.130. The van der Waals surface area contributed by atoms with Crippen LogP contribution in [-0.4, -0.2) is 15.5 Å². The lowest BCUT2D eigenvalue weighted by Gasteiger charge is -2.11. The summed E-state index contributed by atoms with van der Waals surface area (Å²) in [4.78, 5) is 1.53. The molecule has 0 aromatic heterocycles. The van der Waals surface area contributed by atoms with Crippen molar-refractivity contribution >= 4 is 26.5 Å². The van der Waals surface area contributed by atoms with Crippen LogP contribution in [0.2, 0.25) is 0 Å². The smallest absolute Gasteiger partial charge is 0.207 e. The first-order valence-corrected chi connectivity index (χ1v) is 11.2. The van der Waals surface area contributed by atoms with E-state index < -0.39 is 9.84 Å². The number of thioether (sulfide) groups is 1. The van der Waals surface area contributed by atoms with Gasteiger partial charge in [-0.2, -0.15) is 0 Å². The first-order chi connectivity index (χ1) is 13.4. The van der Waals surface area contributed by atoms with Crippen molar-refractivity contribution in [2.75, 3.05) is 7.11 Å². The van der Waals surface area contributed by atoms with Crippen LogP contribution in [0.15, 0.2) is 88.0 Å². The van der Waals surface area contributed by atoms with E-state index >= 15 is 0 Å². The van der Waals surface area contributed by atoms with E-state index in [1.165, 1.54) is 11.8 Å². The second-order valence-corrected chi connectivity index (χ2v) is 9.32. The topological polar surface area (TPSA) is 43.4 Å². The van der Waals surface area contributed by atoms with Crippen molar-refractivity contribution in [3.05, 3.63) is 94.9 Å². The normalized spacial score (nSPS) is 12.0. The predicted molar refractivity (Wildman–Crippen MR) is 116 cm³/mol. The summed E-state index contributed by atoms with van der Waals surface area (Å²) in [5.74, 6) is 0.682. The molecule has 0 atom stereocenters. The van der Waals surface area contributed by atoms with Gasteiger partial charge in [-0.15, -0.1) is 0 Å². The molecule has 0 radical (unpaired) electrons. The monoisotopic (exact) mass is 410 g/mol. The second kappa shape index (κ2) is 8.67. The van der Waals surface area contributed by atoms with Crippen molar-refractivity contribution in [2.45, 2.75) is 23.6 Å². The third-order valence-electron chi connectivity index (χ3n) is 4.32. The van der Waals surface area contributed by atoms with Gasteiger partial charge < -0.3 is 4.74 Å². The van der Waals surface area contributed by atoms with Gasteiger partial charge in [-0.05, 0) is 73.3 Å². The van der Waals surface area contributed by atoms with Crippen LogP contribution >= 0.6 is 11.8 Å². The highest BCUT2D eigenvalue weighted by Crippen LogP contribution is 2.33.